The zero-order valence-electron chi connectivity index (χ0n) is 10.2. The zero-order chi connectivity index (χ0) is 12.1. The Morgan fingerprint density at radius 2 is 2.25 bits per heavy atom. The fourth-order valence-electron chi connectivity index (χ4n) is 1.66. The van der Waals surface area contributed by atoms with E-state index in [1.54, 1.807) is 4.90 Å². The van der Waals surface area contributed by atoms with Gasteiger partial charge in [0.15, 0.2) is 0 Å². The van der Waals surface area contributed by atoms with Crippen LogP contribution < -0.4 is 5.32 Å². The molecule has 2 amide bonds. The summed E-state index contributed by atoms with van der Waals surface area (Å²) in [5.41, 5.74) is 0. The molecule has 0 spiro atoms. The third-order valence-corrected chi connectivity index (χ3v) is 2.73. The average molecular weight is 228 g/mol. The van der Waals surface area contributed by atoms with Gasteiger partial charge in [-0.25, -0.2) is 4.79 Å². The fraction of sp³-hybridized carbons (Fsp3) is 0.818. The number of hydrogen-bond acceptors (Lipinski definition) is 3. The van der Waals surface area contributed by atoms with Crippen LogP contribution in [0.25, 0.3) is 0 Å². The number of nitrogens with one attached hydrogen (secondary N) is 1. The molecule has 0 saturated carbocycles. The lowest BCUT2D eigenvalue weighted by atomic mass is 10.3. The van der Waals surface area contributed by atoms with E-state index in [9.17, 15) is 9.59 Å². The maximum atomic E-state index is 11.6. The standard InChI is InChI=1S/C11H20N2O3/c1-4-8(2)16-11(15)13-6-5-10(7-13)12-9(3)14/h8,10H,4-7H2,1-3H3,(H,12,14)/t8?,10-/m0/s1. The van der Waals surface area contributed by atoms with E-state index in [1.807, 2.05) is 13.8 Å². The van der Waals surface area contributed by atoms with Gasteiger partial charge in [-0.05, 0) is 19.8 Å². The highest BCUT2D eigenvalue weighted by Gasteiger charge is 2.28. The molecule has 1 aliphatic rings. The zero-order valence-corrected chi connectivity index (χ0v) is 10.2. The van der Waals surface area contributed by atoms with Gasteiger partial charge in [0.2, 0.25) is 5.91 Å². The number of ether oxygens (including phenoxy) is 1. The van der Waals surface area contributed by atoms with E-state index < -0.39 is 0 Å². The Kier molecular flexibility index (Phi) is 4.58. The molecule has 1 aliphatic heterocycles. The van der Waals surface area contributed by atoms with Crippen molar-refractivity contribution in [2.24, 2.45) is 0 Å². The molecule has 0 aromatic carbocycles. The first-order valence-electron chi connectivity index (χ1n) is 5.75. The molecule has 16 heavy (non-hydrogen) atoms. The summed E-state index contributed by atoms with van der Waals surface area (Å²) >= 11 is 0. The van der Waals surface area contributed by atoms with Crippen molar-refractivity contribution in [1.82, 2.24) is 10.2 Å². The van der Waals surface area contributed by atoms with E-state index in [1.165, 1.54) is 6.92 Å². The molecule has 2 atom stereocenters. The van der Waals surface area contributed by atoms with E-state index in [-0.39, 0.29) is 24.1 Å². The molecule has 5 heteroatoms. The molecule has 5 nitrogen and oxygen atoms in total. The van der Waals surface area contributed by atoms with Crippen LogP contribution in [0.1, 0.15) is 33.6 Å². The molecule has 0 radical (unpaired) electrons. The fourth-order valence-corrected chi connectivity index (χ4v) is 1.66. The second kappa shape index (κ2) is 5.72. The van der Waals surface area contributed by atoms with Crippen LogP contribution in [-0.4, -0.2) is 42.1 Å². The molecule has 1 rings (SSSR count). The number of carbonyl (C=O) groups excluding carboxylic acids is 2. The minimum atomic E-state index is -0.276. The summed E-state index contributed by atoms with van der Waals surface area (Å²) in [5.74, 6) is -0.0536. The van der Waals surface area contributed by atoms with Crippen molar-refractivity contribution in [1.29, 1.82) is 0 Å². The van der Waals surface area contributed by atoms with Gasteiger partial charge in [-0.1, -0.05) is 6.92 Å². The van der Waals surface area contributed by atoms with Crippen LogP contribution >= 0.6 is 0 Å². The number of carbonyl (C=O) groups is 2. The van der Waals surface area contributed by atoms with Gasteiger partial charge in [-0.15, -0.1) is 0 Å². The predicted molar refractivity (Wildman–Crippen MR) is 60.0 cm³/mol. The molecule has 1 N–H and O–H groups in total. The highest BCUT2D eigenvalue weighted by atomic mass is 16.6. The highest BCUT2D eigenvalue weighted by molar-refractivity contribution is 5.73. The summed E-state index contributed by atoms with van der Waals surface area (Å²) in [5, 5.41) is 2.81. The summed E-state index contributed by atoms with van der Waals surface area (Å²) in [7, 11) is 0. The van der Waals surface area contributed by atoms with Crippen molar-refractivity contribution in [2.45, 2.75) is 45.8 Å². The van der Waals surface area contributed by atoms with Gasteiger partial charge in [0.1, 0.15) is 6.10 Å². The lowest BCUT2D eigenvalue weighted by Crippen LogP contribution is -2.38. The normalized spacial score (nSPS) is 21.7. The first kappa shape index (κ1) is 12.8. The van der Waals surface area contributed by atoms with Crippen molar-refractivity contribution in [3.05, 3.63) is 0 Å². The van der Waals surface area contributed by atoms with Gasteiger partial charge >= 0.3 is 6.09 Å². The Labute approximate surface area is 96.1 Å². The van der Waals surface area contributed by atoms with Gasteiger partial charge in [-0.3, -0.25) is 4.79 Å². The number of hydrogen-bond donors (Lipinski definition) is 1. The minimum Gasteiger partial charge on any atom is -0.446 e. The summed E-state index contributed by atoms with van der Waals surface area (Å²) in [4.78, 5) is 24.1. The van der Waals surface area contributed by atoms with E-state index in [4.69, 9.17) is 4.74 Å². The maximum absolute atomic E-state index is 11.6. The molecular formula is C11H20N2O3. The summed E-state index contributed by atoms with van der Waals surface area (Å²) in [6.45, 7) is 6.54. The molecule has 92 valence electrons. The van der Waals surface area contributed by atoms with Crippen molar-refractivity contribution in [3.8, 4) is 0 Å². The molecule has 1 unspecified atom stereocenters. The lowest BCUT2D eigenvalue weighted by molar-refractivity contribution is -0.119. The first-order valence-corrected chi connectivity index (χ1v) is 5.75. The van der Waals surface area contributed by atoms with E-state index in [2.05, 4.69) is 5.32 Å². The van der Waals surface area contributed by atoms with Crippen LogP contribution in [0.4, 0.5) is 4.79 Å². The largest absolute Gasteiger partial charge is 0.446 e. The van der Waals surface area contributed by atoms with Gasteiger partial charge in [0.05, 0.1) is 0 Å². The van der Waals surface area contributed by atoms with Gasteiger partial charge in [-0.2, -0.15) is 0 Å². The second-order valence-corrected chi connectivity index (χ2v) is 4.23. The van der Waals surface area contributed by atoms with Crippen LogP contribution in [0.5, 0.6) is 0 Å². The smallest absolute Gasteiger partial charge is 0.410 e. The molecule has 0 aliphatic carbocycles. The third-order valence-electron chi connectivity index (χ3n) is 2.73. The average Bonchev–Trinajstić information content (AvgIpc) is 2.65. The Morgan fingerprint density at radius 1 is 1.56 bits per heavy atom. The van der Waals surface area contributed by atoms with Crippen molar-refractivity contribution in [3.63, 3.8) is 0 Å². The third kappa shape index (κ3) is 3.72. The Balaban J connectivity index is 2.34. The quantitative estimate of drug-likeness (QED) is 0.787. The van der Waals surface area contributed by atoms with Crippen LogP contribution in [0.15, 0.2) is 0 Å². The van der Waals surface area contributed by atoms with Crippen LogP contribution in [0.2, 0.25) is 0 Å². The number of nitrogens with zero attached hydrogens (tertiary/aromatic N) is 1. The van der Waals surface area contributed by atoms with E-state index in [0.717, 1.165) is 12.8 Å². The van der Waals surface area contributed by atoms with Crippen LogP contribution in [0.3, 0.4) is 0 Å². The molecule has 1 fully saturated rings. The van der Waals surface area contributed by atoms with Crippen molar-refractivity contribution >= 4 is 12.0 Å². The van der Waals surface area contributed by atoms with Gasteiger partial charge in [0.25, 0.3) is 0 Å². The van der Waals surface area contributed by atoms with E-state index >= 15 is 0 Å². The molecular weight excluding hydrogens is 208 g/mol. The molecule has 0 bridgehead atoms. The summed E-state index contributed by atoms with van der Waals surface area (Å²) in [6.07, 6.45) is 1.29. The topological polar surface area (TPSA) is 58.6 Å². The molecule has 1 heterocycles. The minimum absolute atomic E-state index is 0.0488. The first-order chi connectivity index (χ1) is 7.52. The van der Waals surface area contributed by atoms with Gasteiger partial charge < -0.3 is 15.0 Å². The van der Waals surface area contributed by atoms with Gasteiger partial charge in [0, 0.05) is 26.1 Å². The lowest BCUT2D eigenvalue weighted by Gasteiger charge is -2.19. The summed E-state index contributed by atoms with van der Waals surface area (Å²) < 4.78 is 5.21. The summed E-state index contributed by atoms with van der Waals surface area (Å²) in [6, 6.07) is 0.0713. The van der Waals surface area contributed by atoms with Crippen LogP contribution in [0, 0.1) is 0 Å². The predicted octanol–water partition coefficient (Wildman–Crippen LogP) is 1.13. The highest BCUT2D eigenvalue weighted by Crippen LogP contribution is 2.12. The monoisotopic (exact) mass is 228 g/mol. The Hall–Kier alpha value is -1.26. The SMILES string of the molecule is CCC(C)OC(=O)N1CC[C@H](NC(C)=O)C1. The van der Waals surface area contributed by atoms with E-state index in [0.29, 0.717) is 13.1 Å². The Morgan fingerprint density at radius 3 is 2.81 bits per heavy atom. The number of likely N-dealkylation sites (tertiary alicyclic amines) is 1. The second-order valence-electron chi connectivity index (χ2n) is 4.23. The van der Waals surface area contributed by atoms with Crippen LogP contribution in [-0.2, 0) is 9.53 Å². The number of rotatable bonds is 3. The maximum Gasteiger partial charge on any atom is 0.410 e. The van der Waals surface area contributed by atoms with Crippen molar-refractivity contribution < 1.29 is 14.3 Å². The van der Waals surface area contributed by atoms with Crippen molar-refractivity contribution in [2.75, 3.05) is 13.1 Å². The number of amides is 2. The molecule has 0 aromatic rings. The molecule has 1 saturated heterocycles. The Bertz CT molecular complexity index is 268. The molecule has 0 aromatic heterocycles.